The van der Waals surface area contributed by atoms with E-state index in [1.807, 2.05) is 44.2 Å². The number of anilines is 3. The molecule has 3 aromatic rings. The number of nitrogens with zero attached hydrogens (tertiary/aromatic N) is 2. The SMILES string of the molecule is Cc1ccc(Nc2cc(C)nc(NCCNC(=O)c3ccoc3)n2)cc1. The van der Waals surface area contributed by atoms with Gasteiger partial charge in [0, 0.05) is 30.5 Å². The van der Waals surface area contributed by atoms with Gasteiger partial charge in [-0.3, -0.25) is 4.79 Å². The van der Waals surface area contributed by atoms with E-state index in [-0.39, 0.29) is 5.91 Å². The van der Waals surface area contributed by atoms with E-state index in [9.17, 15) is 4.79 Å². The lowest BCUT2D eigenvalue weighted by Crippen LogP contribution is -2.28. The fourth-order valence-corrected chi connectivity index (χ4v) is 2.34. The second-order valence-electron chi connectivity index (χ2n) is 5.90. The van der Waals surface area contributed by atoms with E-state index < -0.39 is 0 Å². The molecule has 0 saturated heterocycles. The maximum atomic E-state index is 11.8. The molecule has 0 aliphatic carbocycles. The number of aryl methyl sites for hydroxylation is 2. The van der Waals surface area contributed by atoms with Crippen molar-refractivity contribution >= 4 is 23.4 Å². The molecule has 7 heteroatoms. The van der Waals surface area contributed by atoms with E-state index in [0.717, 1.165) is 11.4 Å². The van der Waals surface area contributed by atoms with Crippen LogP contribution in [0.5, 0.6) is 0 Å². The zero-order valence-electron chi connectivity index (χ0n) is 14.7. The smallest absolute Gasteiger partial charge is 0.254 e. The van der Waals surface area contributed by atoms with Gasteiger partial charge in [-0.05, 0) is 32.0 Å². The third-order valence-corrected chi connectivity index (χ3v) is 3.66. The highest BCUT2D eigenvalue weighted by molar-refractivity contribution is 5.93. The zero-order valence-corrected chi connectivity index (χ0v) is 14.7. The first-order valence-electron chi connectivity index (χ1n) is 8.34. The summed E-state index contributed by atoms with van der Waals surface area (Å²) >= 11 is 0. The second kappa shape index (κ2) is 8.15. The first-order valence-corrected chi connectivity index (χ1v) is 8.34. The number of amides is 1. The first-order chi connectivity index (χ1) is 12.6. The lowest BCUT2D eigenvalue weighted by atomic mass is 10.2. The van der Waals surface area contributed by atoms with Crippen LogP contribution in [0.15, 0.2) is 53.3 Å². The summed E-state index contributed by atoms with van der Waals surface area (Å²) < 4.78 is 4.89. The minimum atomic E-state index is -0.174. The van der Waals surface area contributed by atoms with E-state index in [1.54, 1.807) is 6.07 Å². The largest absolute Gasteiger partial charge is 0.472 e. The van der Waals surface area contributed by atoms with Crippen molar-refractivity contribution in [2.45, 2.75) is 13.8 Å². The average Bonchev–Trinajstić information content (AvgIpc) is 3.15. The van der Waals surface area contributed by atoms with Gasteiger partial charge in [0.1, 0.15) is 12.1 Å². The number of carbonyl (C=O) groups excluding carboxylic acids is 1. The Balaban J connectivity index is 1.54. The zero-order chi connectivity index (χ0) is 18.4. The Morgan fingerprint density at radius 2 is 1.88 bits per heavy atom. The molecule has 0 radical (unpaired) electrons. The van der Waals surface area contributed by atoms with Gasteiger partial charge < -0.3 is 20.4 Å². The summed E-state index contributed by atoms with van der Waals surface area (Å²) in [5.41, 5.74) is 3.52. The fraction of sp³-hybridized carbons (Fsp3) is 0.211. The fourth-order valence-electron chi connectivity index (χ4n) is 2.34. The highest BCUT2D eigenvalue weighted by atomic mass is 16.3. The van der Waals surface area contributed by atoms with Crippen molar-refractivity contribution in [1.82, 2.24) is 15.3 Å². The second-order valence-corrected chi connectivity index (χ2v) is 5.90. The molecule has 2 heterocycles. The average molecular weight is 351 g/mol. The van der Waals surface area contributed by atoms with Crippen LogP contribution in [0.1, 0.15) is 21.6 Å². The molecule has 134 valence electrons. The van der Waals surface area contributed by atoms with Crippen molar-refractivity contribution in [2.24, 2.45) is 0 Å². The summed E-state index contributed by atoms with van der Waals surface area (Å²) in [7, 11) is 0. The van der Waals surface area contributed by atoms with Crippen LogP contribution in [0.25, 0.3) is 0 Å². The van der Waals surface area contributed by atoms with Crippen molar-refractivity contribution < 1.29 is 9.21 Å². The summed E-state index contributed by atoms with van der Waals surface area (Å²) in [6, 6.07) is 11.6. The Morgan fingerprint density at radius 3 is 2.62 bits per heavy atom. The maximum Gasteiger partial charge on any atom is 0.254 e. The molecule has 26 heavy (non-hydrogen) atoms. The first kappa shape index (κ1) is 17.5. The van der Waals surface area contributed by atoms with Gasteiger partial charge in [0.2, 0.25) is 5.95 Å². The Kier molecular flexibility index (Phi) is 5.48. The standard InChI is InChI=1S/C19H21N5O2/c1-13-3-5-16(6-4-13)23-17-11-14(2)22-19(24-17)21-9-8-20-18(25)15-7-10-26-12-15/h3-7,10-12H,8-9H2,1-2H3,(H,20,25)(H2,21,22,23,24). The van der Waals surface area contributed by atoms with Crippen LogP contribution in [0.4, 0.5) is 17.5 Å². The quantitative estimate of drug-likeness (QED) is 0.566. The van der Waals surface area contributed by atoms with Gasteiger partial charge in [0.25, 0.3) is 5.91 Å². The summed E-state index contributed by atoms with van der Waals surface area (Å²) in [4.78, 5) is 20.6. The normalized spacial score (nSPS) is 10.4. The van der Waals surface area contributed by atoms with Gasteiger partial charge in [-0.2, -0.15) is 4.98 Å². The van der Waals surface area contributed by atoms with Crippen LogP contribution >= 0.6 is 0 Å². The van der Waals surface area contributed by atoms with Crippen LogP contribution in [-0.4, -0.2) is 29.0 Å². The molecule has 0 spiro atoms. The summed E-state index contributed by atoms with van der Waals surface area (Å²) in [6.45, 7) is 4.92. The number of furan rings is 1. The molecule has 0 bridgehead atoms. The topological polar surface area (TPSA) is 92.1 Å². The molecule has 0 unspecified atom stereocenters. The van der Waals surface area contributed by atoms with Crippen LogP contribution in [0, 0.1) is 13.8 Å². The maximum absolute atomic E-state index is 11.8. The monoisotopic (exact) mass is 351 g/mol. The third kappa shape index (κ3) is 4.83. The van der Waals surface area contributed by atoms with Crippen molar-refractivity contribution in [2.75, 3.05) is 23.7 Å². The molecule has 0 saturated carbocycles. The number of hydrogen-bond donors (Lipinski definition) is 3. The Labute approximate surface area is 151 Å². The molecule has 0 fully saturated rings. The molecule has 0 aliphatic heterocycles. The van der Waals surface area contributed by atoms with Crippen molar-refractivity contribution in [3.8, 4) is 0 Å². The summed E-state index contributed by atoms with van der Waals surface area (Å²) in [6.07, 6.45) is 2.88. The number of rotatable bonds is 7. The predicted molar refractivity (Wildman–Crippen MR) is 101 cm³/mol. The van der Waals surface area contributed by atoms with Crippen LogP contribution in [-0.2, 0) is 0 Å². The van der Waals surface area contributed by atoms with Crippen LogP contribution in [0.2, 0.25) is 0 Å². The molecular weight excluding hydrogens is 330 g/mol. The van der Waals surface area contributed by atoms with Crippen molar-refractivity contribution in [3.63, 3.8) is 0 Å². The molecule has 3 N–H and O–H groups in total. The van der Waals surface area contributed by atoms with Gasteiger partial charge in [-0.15, -0.1) is 0 Å². The van der Waals surface area contributed by atoms with Gasteiger partial charge in [-0.25, -0.2) is 4.98 Å². The minimum absolute atomic E-state index is 0.174. The van der Waals surface area contributed by atoms with E-state index in [4.69, 9.17) is 4.42 Å². The van der Waals surface area contributed by atoms with Gasteiger partial charge in [0.05, 0.1) is 11.8 Å². The molecule has 1 amide bonds. The number of hydrogen-bond acceptors (Lipinski definition) is 6. The molecule has 7 nitrogen and oxygen atoms in total. The minimum Gasteiger partial charge on any atom is -0.472 e. The number of aromatic nitrogens is 2. The Morgan fingerprint density at radius 1 is 1.08 bits per heavy atom. The predicted octanol–water partition coefficient (Wildman–Crippen LogP) is 3.27. The van der Waals surface area contributed by atoms with Gasteiger partial charge in [-0.1, -0.05) is 17.7 Å². The molecule has 0 aliphatic rings. The molecular formula is C19H21N5O2. The lowest BCUT2D eigenvalue weighted by Gasteiger charge is -2.10. The van der Waals surface area contributed by atoms with E-state index in [1.165, 1.54) is 18.1 Å². The van der Waals surface area contributed by atoms with E-state index >= 15 is 0 Å². The highest BCUT2D eigenvalue weighted by Crippen LogP contribution is 2.17. The number of nitrogens with one attached hydrogen (secondary N) is 3. The molecule has 0 atom stereocenters. The number of carbonyl (C=O) groups is 1. The van der Waals surface area contributed by atoms with Crippen LogP contribution < -0.4 is 16.0 Å². The van der Waals surface area contributed by atoms with Gasteiger partial charge >= 0.3 is 0 Å². The lowest BCUT2D eigenvalue weighted by molar-refractivity contribution is 0.0954. The Hall–Kier alpha value is -3.35. The van der Waals surface area contributed by atoms with Crippen molar-refractivity contribution in [1.29, 1.82) is 0 Å². The highest BCUT2D eigenvalue weighted by Gasteiger charge is 2.06. The molecule has 3 rings (SSSR count). The van der Waals surface area contributed by atoms with Crippen LogP contribution in [0.3, 0.4) is 0 Å². The van der Waals surface area contributed by atoms with E-state index in [2.05, 4.69) is 25.9 Å². The van der Waals surface area contributed by atoms with Crippen molar-refractivity contribution in [3.05, 3.63) is 65.7 Å². The summed E-state index contributed by atoms with van der Waals surface area (Å²) in [5.74, 6) is 1.05. The summed E-state index contributed by atoms with van der Waals surface area (Å²) in [5, 5.41) is 9.19. The Bertz CT molecular complexity index is 860. The molecule has 2 aromatic heterocycles. The molecule has 1 aromatic carbocycles. The van der Waals surface area contributed by atoms with E-state index in [0.29, 0.717) is 30.4 Å². The number of benzene rings is 1. The third-order valence-electron chi connectivity index (χ3n) is 3.66. The van der Waals surface area contributed by atoms with Gasteiger partial charge in [0.15, 0.2) is 0 Å².